The molecule has 12 heavy (non-hydrogen) atoms. The quantitative estimate of drug-likeness (QED) is 0.681. The summed E-state index contributed by atoms with van der Waals surface area (Å²) in [4.78, 5) is 10.6. The average molecular weight is 162 g/mol. The van der Waals surface area contributed by atoms with Gasteiger partial charge in [0.1, 0.15) is 0 Å². The molecule has 2 aromatic heterocycles. The molecule has 0 aliphatic carbocycles. The van der Waals surface area contributed by atoms with Crippen molar-refractivity contribution in [2.45, 2.75) is 0 Å². The lowest BCUT2D eigenvalue weighted by Crippen LogP contribution is -2.05. The standard InChI is InChI=1S/C8H6N2O2/c11-8-2-1-7(9-10-8)6-3-4-12-5-6/h1-5H,(H,10,11). The number of aromatic amines is 1. The first-order valence-corrected chi connectivity index (χ1v) is 3.44. The second-order valence-electron chi connectivity index (χ2n) is 2.32. The van der Waals surface area contributed by atoms with Gasteiger partial charge in [-0.25, -0.2) is 5.10 Å². The van der Waals surface area contributed by atoms with Gasteiger partial charge in [0.2, 0.25) is 0 Å². The summed E-state index contributed by atoms with van der Waals surface area (Å²) in [6, 6.07) is 4.85. The number of hydrogen-bond donors (Lipinski definition) is 1. The summed E-state index contributed by atoms with van der Waals surface area (Å²) in [6.45, 7) is 0. The first-order valence-electron chi connectivity index (χ1n) is 3.44. The van der Waals surface area contributed by atoms with E-state index in [2.05, 4.69) is 10.2 Å². The van der Waals surface area contributed by atoms with Gasteiger partial charge in [-0.05, 0) is 12.1 Å². The molecule has 1 N–H and O–H groups in total. The smallest absolute Gasteiger partial charge is 0.264 e. The molecule has 2 heterocycles. The molecule has 0 unspecified atom stereocenters. The first-order chi connectivity index (χ1) is 5.86. The fourth-order valence-electron chi connectivity index (χ4n) is 0.915. The van der Waals surface area contributed by atoms with Crippen LogP contribution in [0.3, 0.4) is 0 Å². The summed E-state index contributed by atoms with van der Waals surface area (Å²) in [7, 11) is 0. The molecule has 0 fully saturated rings. The average Bonchev–Trinajstić information content (AvgIpc) is 2.58. The molecule has 0 bridgehead atoms. The van der Waals surface area contributed by atoms with Gasteiger partial charge < -0.3 is 4.42 Å². The second kappa shape index (κ2) is 2.65. The molecule has 0 aromatic carbocycles. The predicted molar refractivity (Wildman–Crippen MR) is 42.6 cm³/mol. The van der Waals surface area contributed by atoms with E-state index in [4.69, 9.17) is 4.42 Å². The third kappa shape index (κ3) is 1.14. The molecule has 4 heteroatoms. The predicted octanol–water partition coefficient (Wildman–Crippen LogP) is 1.03. The summed E-state index contributed by atoms with van der Waals surface area (Å²) in [6.07, 6.45) is 3.13. The molecule has 0 saturated heterocycles. The Kier molecular flexibility index (Phi) is 1.51. The highest BCUT2D eigenvalue weighted by Gasteiger charge is 1.98. The van der Waals surface area contributed by atoms with Crippen molar-refractivity contribution in [1.29, 1.82) is 0 Å². The molecule has 0 amide bonds. The van der Waals surface area contributed by atoms with Gasteiger partial charge in [0.15, 0.2) is 0 Å². The van der Waals surface area contributed by atoms with Crippen LogP contribution in [0.2, 0.25) is 0 Å². The summed E-state index contributed by atoms with van der Waals surface area (Å²) in [5, 5.41) is 6.16. The summed E-state index contributed by atoms with van der Waals surface area (Å²) in [5.74, 6) is 0. The minimum Gasteiger partial charge on any atom is -0.472 e. The van der Waals surface area contributed by atoms with Crippen LogP contribution in [0.15, 0.2) is 39.9 Å². The molecule has 0 aliphatic heterocycles. The zero-order valence-corrected chi connectivity index (χ0v) is 6.15. The normalized spacial score (nSPS) is 10.0. The van der Waals surface area contributed by atoms with Gasteiger partial charge in [-0.3, -0.25) is 4.79 Å². The molecular weight excluding hydrogens is 156 g/mol. The van der Waals surface area contributed by atoms with E-state index in [-0.39, 0.29) is 5.56 Å². The number of H-pyrrole nitrogens is 1. The largest absolute Gasteiger partial charge is 0.472 e. The van der Waals surface area contributed by atoms with E-state index in [9.17, 15) is 4.79 Å². The van der Waals surface area contributed by atoms with Crippen molar-refractivity contribution < 1.29 is 4.42 Å². The van der Waals surface area contributed by atoms with Gasteiger partial charge in [0, 0.05) is 11.6 Å². The highest BCUT2D eigenvalue weighted by Crippen LogP contribution is 2.14. The van der Waals surface area contributed by atoms with Crippen LogP contribution < -0.4 is 5.56 Å². The number of rotatable bonds is 1. The maximum Gasteiger partial charge on any atom is 0.264 e. The third-order valence-electron chi connectivity index (χ3n) is 1.50. The Morgan fingerprint density at radius 1 is 1.33 bits per heavy atom. The van der Waals surface area contributed by atoms with Gasteiger partial charge in [-0.2, -0.15) is 5.10 Å². The lowest BCUT2D eigenvalue weighted by Gasteiger charge is -1.91. The van der Waals surface area contributed by atoms with E-state index in [1.54, 1.807) is 24.7 Å². The van der Waals surface area contributed by atoms with E-state index in [1.807, 2.05) is 0 Å². The lowest BCUT2D eigenvalue weighted by atomic mass is 10.2. The van der Waals surface area contributed by atoms with E-state index < -0.39 is 0 Å². The van der Waals surface area contributed by atoms with Crippen LogP contribution in [-0.4, -0.2) is 10.2 Å². The highest BCUT2D eigenvalue weighted by atomic mass is 16.3. The minimum atomic E-state index is -0.206. The molecule has 60 valence electrons. The molecule has 0 spiro atoms. The molecule has 0 radical (unpaired) electrons. The van der Waals surface area contributed by atoms with Gasteiger partial charge in [0.05, 0.1) is 18.2 Å². The van der Waals surface area contributed by atoms with E-state index in [1.165, 1.54) is 6.07 Å². The molecule has 2 aromatic rings. The van der Waals surface area contributed by atoms with Crippen LogP contribution in [0, 0.1) is 0 Å². The zero-order valence-electron chi connectivity index (χ0n) is 6.15. The van der Waals surface area contributed by atoms with E-state index in [0.717, 1.165) is 5.56 Å². The Morgan fingerprint density at radius 3 is 2.83 bits per heavy atom. The van der Waals surface area contributed by atoms with Crippen molar-refractivity contribution in [2.24, 2.45) is 0 Å². The number of furan rings is 1. The molecular formula is C8H6N2O2. The van der Waals surface area contributed by atoms with Crippen molar-refractivity contribution in [1.82, 2.24) is 10.2 Å². The van der Waals surface area contributed by atoms with Crippen LogP contribution in [0.5, 0.6) is 0 Å². The molecule has 0 atom stereocenters. The zero-order chi connectivity index (χ0) is 8.39. The van der Waals surface area contributed by atoms with Crippen molar-refractivity contribution in [3.05, 3.63) is 41.1 Å². The number of hydrogen-bond acceptors (Lipinski definition) is 3. The Hall–Kier alpha value is -1.84. The Labute approximate surface area is 67.9 Å². The Morgan fingerprint density at radius 2 is 2.25 bits per heavy atom. The van der Waals surface area contributed by atoms with Gasteiger partial charge in [0.25, 0.3) is 5.56 Å². The Bertz CT molecular complexity index is 396. The Balaban J connectivity index is 2.49. The van der Waals surface area contributed by atoms with Crippen LogP contribution in [0.25, 0.3) is 11.3 Å². The fourth-order valence-corrected chi connectivity index (χ4v) is 0.915. The van der Waals surface area contributed by atoms with Gasteiger partial charge in [-0.15, -0.1) is 0 Å². The number of aromatic nitrogens is 2. The molecule has 0 aliphatic rings. The van der Waals surface area contributed by atoms with Gasteiger partial charge >= 0.3 is 0 Å². The van der Waals surface area contributed by atoms with Crippen molar-refractivity contribution in [3.63, 3.8) is 0 Å². The van der Waals surface area contributed by atoms with Crippen LogP contribution in [0.1, 0.15) is 0 Å². The van der Waals surface area contributed by atoms with Crippen molar-refractivity contribution in [3.8, 4) is 11.3 Å². The van der Waals surface area contributed by atoms with Crippen LogP contribution >= 0.6 is 0 Å². The van der Waals surface area contributed by atoms with E-state index in [0.29, 0.717) is 5.69 Å². The van der Waals surface area contributed by atoms with Crippen LogP contribution in [-0.2, 0) is 0 Å². The van der Waals surface area contributed by atoms with Crippen molar-refractivity contribution >= 4 is 0 Å². The molecule has 4 nitrogen and oxygen atoms in total. The SMILES string of the molecule is O=c1ccc(-c2ccoc2)n[nH]1. The maximum absolute atomic E-state index is 10.6. The second-order valence-corrected chi connectivity index (χ2v) is 2.32. The fraction of sp³-hybridized carbons (Fsp3) is 0. The first kappa shape index (κ1) is 6.84. The monoisotopic (exact) mass is 162 g/mol. The summed E-state index contributed by atoms with van der Waals surface area (Å²) >= 11 is 0. The van der Waals surface area contributed by atoms with Crippen molar-refractivity contribution in [2.75, 3.05) is 0 Å². The summed E-state index contributed by atoms with van der Waals surface area (Å²) < 4.78 is 4.87. The summed E-state index contributed by atoms with van der Waals surface area (Å²) in [5.41, 5.74) is 1.34. The number of nitrogens with one attached hydrogen (secondary N) is 1. The third-order valence-corrected chi connectivity index (χ3v) is 1.50. The highest BCUT2D eigenvalue weighted by molar-refractivity contribution is 5.55. The minimum absolute atomic E-state index is 0.206. The molecule has 0 saturated carbocycles. The lowest BCUT2D eigenvalue weighted by molar-refractivity contribution is 0.568. The topological polar surface area (TPSA) is 58.9 Å². The molecule has 2 rings (SSSR count). The van der Waals surface area contributed by atoms with E-state index >= 15 is 0 Å². The van der Waals surface area contributed by atoms with Gasteiger partial charge in [-0.1, -0.05) is 0 Å². The number of nitrogens with zero attached hydrogens (tertiary/aromatic N) is 1. The maximum atomic E-state index is 10.6. The van der Waals surface area contributed by atoms with Crippen LogP contribution in [0.4, 0.5) is 0 Å².